The fraction of sp³-hybridized carbons (Fsp3) is 0.714. The summed E-state index contributed by atoms with van der Waals surface area (Å²) in [5.41, 5.74) is 0. The number of halogens is 1. The first-order chi connectivity index (χ1) is 8.90. The van der Waals surface area contributed by atoms with Gasteiger partial charge < -0.3 is 15.1 Å². The van der Waals surface area contributed by atoms with E-state index >= 15 is 0 Å². The minimum absolute atomic E-state index is 0. The Kier molecular flexibility index (Phi) is 21.9. The van der Waals surface area contributed by atoms with E-state index in [1.165, 1.54) is 45.1 Å². The van der Waals surface area contributed by atoms with Crippen LogP contribution in [0.3, 0.4) is 0 Å². The van der Waals surface area contributed by atoms with Crippen LogP contribution in [0.5, 0.6) is 0 Å². The number of carboxylic acids is 2. The summed E-state index contributed by atoms with van der Waals surface area (Å²) in [5, 5.41) is 15.6. The van der Waals surface area contributed by atoms with E-state index in [-0.39, 0.29) is 17.0 Å². The zero-order chi connectivity index (χ0) is 15.1. The summed E-state index contributed by atoms with van der Waals surface area (Å²) in [6.07, 6.45) is 9.54. The standard InChI is InChI=1S/C10H23N.C4H4O4.BrH/c1-4-5-6-7-8-9-10-11(2)3;5-3(6)1-2-4(7)8;/h4-10H2,1-3H3;1-2H,(H,5,6)(H,7,8);1H/b;2-1-;. The number of carboxylic acid groups (broad SMARTS) is 2. The maximum atomic E-state index is 9.55. The summed E-state index contributed by atoms with van der Waals surface area (Å²) in [5.74, 6) is -2.51. The number of rotatable bonds is 9. The normalized spacial score (nSPS) is 9.80. The molecule has 6 heteroatoms. The van der Waals surface area contributed by atoms with Gasteiger partial charge in [-0.15, -0.1) is 17.0 Å². The Balaban J connectivity index is -0.000000288. The Bertz CT molecular complexity index is 252. The molecule has 0 unspecified atom stereocenters. The molecule has 0 heterocycles. The maximum absolute atomic E-state index is 9.55. The molecule has 20 heavy (non-hydrogen) atoms. The van der Waals surface area contributed by atoms with Crippen LogP contribution in [0.25, 0.3) is 0 Å². The topological polar surface area (TPSA) is 77.8 Å². The molecule has 0 aromatic carbocycles. The summed E-state index contributed by atoms with van der Waals surface area (Å²) in [4.78, 5) is 21.4. The van der Waals surface area contributed by atoms with Crippen molar-refractivity contribution in [1.82, 2.24) is 4.90 Å². The van der Waals surface area contributed by atoms with Gasteiger partial charge in [-0.3, -0.25) is 0 Å². The third-order valence-corrected chi connectivity index (χ3v) is 2.33. The quantitative estimate of drug-likeness (QED) is 0.491. The Morgan fingerprint density at radius 1 is 0.900 bits per heavy atom. The number of nitrogens with zero attached hydrogens (tertiary/aromatic N) is 1. The van der Waals surface area contributed by atoms with Crippen molar-refractivity contribution >= 4 is 28.9 Å². The van der Waals surface area contributed by atoms with Crippen molar-refractivity contribution in [2.45, 2.75) is 45.4 Å². The van der Waals surface area contributed by atoms with Crippen LogP contribution in [0.2, 0.25) is 0 Å². The first kappa shape index (κ1) is 24.2. The molecule has 0 aliphatic carbocycles. The molecule has 0 spiro atoms. The first-order valence-electron chi connectivity index (χ1n) is 6.68. The third-order valence-electron chi connectivity index (χ3n) is 2.33. The second-order valence-corrected chi connectivity index (χ2v) is 4.58. The van der Waals surface area contributed by atoms with Gasteiger partial charge in [-0.1, -0.05) is 39.0 Å². The summed E-state index contributed by atoms with van der Waals surface area (Å²) >= 11 is 0. The van der Waals surface area contributed by atoms with Crippen LogP contribution in [0.4, 0.5) is 0 Å². The van der Waals surface area contributed by atoms with Crippen molar-refractivity contribution in [2.24, 2.45) is 0 Å². The van der Waals surface area contributed by atoms with Gasteiger partial charge in [0.2, 0.25) is 0 Å². The average molecular weight is 354 g/mol. The Hall–Kier alpha value is -0.880. The van der Waals surface area contributed by atoms with Crippen molar-refractivity contribution in [2.75, 3.05) is 20.6 Å². The van der Waals surface area contributed by atoms with Crippen molar-refractivity contribution in [3.63, 3.8) is 0 Å². The molecule has 0 aromatic rings. The van der Waals surface area contributed by atoms with E-state index in [1.54, 1.807) is 0 Å². The molecule has 0 atom stereocenters. The predicted octanol–water partition coefficient (Wildman–Crippen LogP) is 3.20. The van der Waals surface area contributed by atoms with Crippen LogP contribution < -0.4 is 0 Å². The Morgan fingerprint density at radius 3 is 1.65 bits per heavy atom. The van der Waals surface area contributed by atoms with Crippen LogP contribution in [0.1, 0.15) is 45.4 Å². The van der Waals surface area contributed by atoms with E-state index in [2.05, 4.69) is 25.9 Å². The predicted molar refractivity (Wildman–Crippen MR) is 86.7 cm³/mol. The van der Waals surface area contributed by atoms with Crippen molar-refractivity contribution < 1.29 is 19.8 Å². The highest BCUT2D eigenvalue weighted by atomic mass is 79.9. The second kappa shape index (κ2) is 18.1. The van der Waals surface area contributed by atoms with Gasteiger partial charge in [0.05, 0.1) is 0 Å². The monoisotopic (exact) mass is 353 g/mol. The lowest BCUT2D eigenvalue weighted by Gasteiger charge is -2.08. The van der Waals surface area contributed by atoms with Gasteiger partial charge in [0.25, 0.3) is 0 Å². The largest absolute Gasteiger partial charge is 0.478 e. The van der Waals surface area contributed by atoms with E-state index in [4.69, 9.17) is 10.2 Å². The fourth-order valence-electron chi connectivity index (χ4n) is 1.35. The summed E-state index contributed by atoms with van der Waals surface area (Å²) in [7, 11) is 4.29. The van der Waals surface area contributed by atoms with E-state index in [0.717, 1.165) is 0 Å². The van der Waals surface area contributed by atoms with Crippen LogP contribution in [-0.2, 0) is 9.59 Å². The number of unbranched alkanes of at least 4 members (excludes halogenated alkanes) is 5. The zero-order valence-corrected chi connectivity index (χ0v) is 14.4. The highest BCUT2D eigenvalue weighted by molar-refractivity contribution is 8.93. The lowest BCUT2D eigenvalue weighted by Crippen LogP contribution is -2.12. The molecule has 0 fully saturated rings. The number of aliphatic carboxylic acids is 2. The van der Waals surface area contributed by atoms with Crippen LogP contribution in [0, 0.1) is 0 Å². The van der Waals surface area contributed by atoms with Gasteiger partial charge in [0.15, 0.2) is 0 Å². The lowest BCUT2D eigenvalue weighted by atomic mass is 10.1. The van der Waals surface area contributed by atoms with Gasteiger partial charge in [-0.05, 0) is 27.1 Å². The molecule has 5 nitrogen and oxygen atoms in total. The van der Waals surface area contributed by atoms with Crippen molar-refractivity contribution in [3.05, 3.63) is 12.2 Å². The molecule has 0 saturated carbocycles. The molecular formula is C14H28BrNO4. The van der Waals surface area contributed by atoms with Gasteiger partial charge >= 0.3 is 11.9 Å². The van der Waals surface area contributed by atoms with Crippen LogP contribution in [-0.4, -0.2) is 47.7 Å². The molecule has 0 amide bonds. The zero-order valence-electron chi connectivity index (χ0n) is 12.7. The van der Waals surface area contributed by atoms with Crippen molar-refractivity contribution in [3.8, 4) is 0 Å². The summed E-state index contributed by atoms with van der Waals surface area (Å²) in [6, 6.07) is 0. The van der Waals surface area contributed by atoms with E-state index in [0.29, 0.717) is 12.2 Å². The summed E-state index contributed by atoms with van der Waals surface area (Å²) in [6.45, 7) is 3.52. The molecule has 0 saturated heterocycles. The average Bonchev–Trinajstić information content (AvgIpc) is 2.31. The lowest BCUT2D eigenvalue weighted by molar-refractivity contribution is -0.134. The molecule has 0 bridgehead atoms. The van der Waals surface area contributed by atoms with Crippen molar-refractivity contribution in [1.29, 1.82) is 0 Å². The molecule has 0 aliphatic heterocycles. The number of hydrogen-bond acceptors (Lipinski definition) is 3. The molecular weight excluding hydrogens is 326 g/mol. The maximum Gasteiger partial charge on any atom is 0.328 e. The molecule has 120 valence electrons. The number of hydrogen-bond donors (Lipinski definition) is 2. The van der Waals surface area contributed by atoms with Crippen LogP contribution in [0.15, 0.2) is 12.2 Å². The SMILES string of the molecule is Br.CCCCCCCCN(C)C.O=C(O)/C=C\C(=O)O. The van der Waals surface area contributed by atoms with Gasteiger partial charge in [0, 0.05) is 12.2 Å². The second-order valence-electron chi connectivity index (χ2n) is 4.58. The van der Waals surface area contributed by atoms with E-state index < -0.39 is 11.9 Å². The minimum Gasteiger partial charge on any atom is -0.478 e. The molecule has 0 aliphatic rings. The first-order valence-corrected chi connectivity index (χ1v) is 6.68. The minimum atomic E-state index is -1.26. The highest BCUT2D eigenvalue weighted by Crippen LogP contribution is 2.04. The molecule has 0 aromatic heterocycles. The van der Waals surface area contributed by atoms with Crippen LogP contribution >= 0.6 is 17.0 Å². The smallest absolute Gasteiger partial charge is 0.328 e. The van der Waals surface area contributed by atoms with E-state index in [9.17, 15) is 9.59 Å². The Labute approximate surface area is 132 Å². The third kappa shape index (κ3) is 30.3. The molecule has 2 N–H and O–H groups in total. The Morgan fingerprint density at radius 2 is 1.30 bits per heavy atom. The fourth-order valence-corrected chi connectivity index (χ4v) is 1.35. The van der Waals surface area contributed by atoms with Gasteiger partial charge in [-0.25, -0.2) is 9.59 Å². The summed E-state index contributed by atoms with van der Waals surface area (Å²) < 4.78 is 0. The van der Waals surface area contributed by atoms with Gasteiger partial charge in [-0.2, -0.15) is 0 Å². The molecule has 0 rings (SSSR count). The van der Waals surface area contributed by atoms with E-state index in [1.807, 2.05) is 0 Å². The van der Waals surface area contributed by atoms with Gasteiger partial charge in [0.1, 0.15) is 0 Å². The highest BCUT2D eigenvalue weighted by Gasteiger charge is 1.91. The number of carbonyl (C=O) groups is 2. The molecule has 0 radical (unpaired) electrons.